The van der Waals surface area contributed by atoms with E-state index in [4.69, 9.17) is 0 Å². The molecule has 0 bridgehead atoms. The van der Waals surface area contributed by atoms with Gasteiger partial charge in [-0.05, 0) is 44.9 Å². The quantitative estimate of drug-likeness (QED) is 0.679. The highest BCUT2D eigenvalue weighted by Crippen LogP contribution is 2.23. The van der Waals surface area contributed by atoms with Crippen LogP contribution in [0.3, 0.4) is 0 Å². The van der Waals surface area contributed by atoms with E-state index in [9.17, 15) is 8.42 Å². The van der Waals surface area contributed by atoms with Crippen molar-refractivity contribution < 1.29 is 8.42 Å². The fraction of sp³-hybridized carbons (Fsp3) is 0.300. The van der Waals surface area contributed by atoms with Crippen molar-refractivity contribution in [2.45, 2.75) is 38.6 Å². The van der Waals surface area contributed by atoms with E-state index in [0.29, 0.717) is 24.4 Å². The molecular formula is C20H24N4O2S. The summed E-state index contributed by atoms with van der Waals surface area (Å²) in [7, 11) is -3.70. The van der Waals surface area contributed by atoms with Crippen LogP contribution in [0.1, 0.15) is 28.3 Å². The molecule has 3 rings (SSSR count). The average Bonchev–Trinajstić information content (AvgIpc) is 2.98. The number of hydrogen-bond acceptors (Lipinski definition) is 4. The number of rotatable bonds is 7. The minimum absolute atomic E-state index is 0.223. The number of pyridine rings is 1. The maximum absolute atomic E-state index is 13.4. The molecule has 3 aromatic rings. The second-order valence-corrected chi connectivity index (χ2v) is 8.48. The van der Waals surface area contributed by atoms with Gasteiger partial charge in [0.15, 0.2) is 0 Å². The average molecular weight is 385 g/mol. The van der Waals surface area contributed by atoms with E-state index in [1.54, 1.807) is 13.8 Å². The Morgan fingerprint density at radius 2 is 1.74 bits per heavy atom. The molecular weight excluding hydrogens is 360 g/mol. The summed E-state index contributed by atoms with van der Waals surface area (Å²) < 4.78 is 28.3. The first kappa shape index (κ1) is 19.3. The van der Waals surface area contributed by atoms with Crippen molar-refractivity contribution in [1.82, 2.24) is 19.5 Å². The van der Waals surface area contributed by atoms with E-state index in [1.807, 2.05) is 55.5 Å². The Kier molecular flexibility index (Phi) is 5.72. The number of nitrogens with zero attached hydrogens (tertiary/aromatic N) is 3. The van der Waals surface area contributed by atoms with Crippen LogP contribution in [0.5, 0.6) is 0 Å². The lowest BCUT2D eigenvalue weighted by Crippen LogP contribution is -2.33. The largest absolute Gasteiger partial charge is 0.281 e. The lowest BCUT2D eigenvalue weighted by atomic mass is 10.1. The number of aromatic nitrogens is 3. The number of benzene rings is 1. The standard InChI is InChI=1S/C20H24N4O2S/c1-15-8-7-11-19(21-15)14-24(13-12-18-9-5-4-6-10-18)27(25,26)20-16(2)22-23-17(20)3/h4-11H,12-14H2,1-3H3,(H,22,23). The zero-order valence-corrected chi connectivity index (χ0v) is 16.6. The van der Waals surface area contributed by atoms with Gasteiger partial charge in [0.1, 0.15) is 4.90 Å². The second kappa shape index (κ2) is 8.02. The van der Waals surface area contributed by atoms with Gasteiger partial charge in [-0.25, -0.2) is 8.42 Å². The van der Waals surface area contributed by atoms with Gasteiger partial charge in [0, 0.05) is 12.2 Å². The van der Waals surface area contributed by atoms with E-state index in [0.717, 1.165) is 17.0 Å². The van der Waals surface area contributed by atoms with Crippen LogP contribution >= 0.6 is 0 Å². The molecule has 6 nitrogen and oxygen atoms in total. The number of nitrogens with one attached hydrogen (secondary N) is 1. The van der Waals surface area contributed by atoms with Crippen LogP contribution in [0.25, 0.3) is 0 Å². The monoisotopic (exact) mass is 384 g/mol. The molecule has 1 aromatic carbocycles. The Morgan fingerprint density at radius 3 is 2.37 bits per heavy atom. The van der Waals surface area contributed by atoms with Crippen molar-refractivity contribution in [3.63, 3.8) is 0 Å². The lowest BCUT2D eigenvalue weighted by Gasteiger charge is -2.22. The fourth-order valence-electron chi connectivity index (χ4n) is 3.10. The third-order valence-corrected chi connectivity index (χ3v) is 6.54. The summed E-state index contributed by atoms with van der Waals surface area (Å²) in [4.78, 5) is 4.73. The van der Waals surface area contributed by atoms with Crippen molar-refractivity contribution in [1.29, 1.82) is 0 Å². The van der Waals surface area contributed by atoms with Gasteiger partial charge in [-0.3, -0.25) is 10.1 Å². The Hall–Kier alpha value is -2.51. The van der Waals surface area contributed by atoms with Crippen molar-refractivity contribution >= 4 is 10.0 Å². The first-order chi connectivity index (χ1) is 12.9. The molecule has 27 heavy (non-hydrogen) atoms. The zero-order valence-electron chi connectivity index (χ0n) is 15.8. The molecule has 0 saturated heterocycles. The van der Waals surface area contributed by atoms with Crippen LogP contribution in [-0.2, 0) is 23.0 Å². The summed E-state index contributed by atoms with van der Waals surface area (Å²) in [5.41, 5.74) is 3.72. The maximum Gasteiger partial charge on any atom is 0.247 e. The molecule has 2 aromatic heterocycles. The van der Waals surface area contributed by atoms with Crippen molar-refractivity contribution in [3.05, 3.63) is 76.9 Å². The maximum atomic E-state index is 13.4. The van der Waals surface area contributed by atoms with E-state index in [-0.39, 0.29) is 11.4 Å². The Morgan fingerprint density at radius 1 is 1.00 bits per heavy atom. The van der Waals surface area contributed by atoms with Gasteiger partial charge in [0.25, 0.3) is 0 Å². The van der Waals surface area contributed by atoms with Gasteiger partial charge in [-0.2, -0.15) is 9.40 Å². The van der Waals surface area contributed by atoms with Gasteiger partial charge in [-0.15, -0.1) is 0 Å². The highest BCUT2D eigenvalue weighted by Gasteiger charge is 2.30. The van der Waals surface area contributed by atoms with Gasteiger partial charge in [-0.1, -0.05) is 36.4 Å². The SMILES string of the molecule is Cc1cccc(CN(CCc2ccccc2)S(=O)(=O)c2c(C)n[nH]c2C)n1. The third kappa shape index (κ3) is 4.43. The Bertz CT molecular complexity index is 994. The first-order valence-electron chi connectivity index (χ1n) is 8.86. The van der Waals surface area contributed by atoms with Crippen LogP contribution in [0.2, 0.25) is 0 Å². The molecule has 0 aliphatic heterocycles. The fourth-order valence-corrected chi connectivity index (χ4v) is 4.84. The predicted octanol–water partition coefficient (Wildman–Crippen LogP) is 3.16. The third-order valence-electron chi connectivity index (χ3n) is 4.44. The van der Waals surface area contributed by atoms with E-state index < -0.39 is 10.0 Å². The highest BCUT2D eigenvalue weighted by molar-refractivity contribution is 7.89. The highest BCUT2D eigenvalue weighted by atomic mass is 32.2. The molecule has 0 aliphatic carbocycles. The number of aryl methyl sites for hydroxylation is 3. The number of aromatic amines is 1. The summed E-state index contributed by atoms with van der Waals surface area (Å²) in [6.45, 7) is 5.92. The molecule has 0 aliphatic rings. The number of hydrogen-bond donors (Lipinski definition) is 1. The van der Waals surface area contributed by atoms with Crippen LogP contribution < -0.4 is 0 Å². The molecule has 0 atom stereocenters. The molecule has 0 saturated carbocycles. The zero-order chi connectivity index (χ0) is 19.4. The summed E-state index contributed by atoms with van der Waals surface area (Å²) in [5.74, 6) is 0. The summed E-state index contributed by atoms with van der Waals surface area (Å²) in [6, 6.07) is 15.5. The van der Waals surface area contributed by atoms with Gasteiger partial charge >= 0.3 is 0 Å². The molecule has 0 amide bonds. The van der Waals surface area contributed by atoms with Gasteiger partial charge < -0.3 is 0 Å². The smallest absolute Gasteiger partial charge is 0.247 e. The van der Waals surface area contributed by atoms with Crippen LogP contribution in [0, 0.1) is 20.8 Å². The minimum atomic E-state index is -3.70. The van der Waals surface area contributed by atoms with E-state index in [1.165, 1.54) is 4.31 Å². The molecule has 1 N–H and O–H groups in total. The van der Waals surface area contributed by atoms with Crippen molar-refractivity contribution in [2.24, 2.45) is 0 Å². The van der Waals surface area contributed by atoms with E-state index in [2.05, 4.69) is 15.2 Å². The lowest BCUT2D eigenvalue weighted by molar-refractivity contribution is 0.404. The van der Waals surface area contributed by atoms with Gasteiger partial charge in [0.2, 0.25) is 10.0 Å². The van der Waals surface area contributed by atoms with Gasteiger partial charge in [0.05, 0.1) is 23.6 Å². The van der Waals surface area contributed by atoms with Crippen molar-refractivity contribution in [3.8, 4) is 0 Å². The predicted molar refractivity (Wildman–Crippen MR) is 105 cm³/mol. The van der Waals surface area contributed by atoms with E-state index >= 15 is 0 Å². The van der Waals surface area contributed by atoms with Crippen LogP contribution in [-0.4, -0.2) is 34.4 Å². The topological polar surface area (TPSA) is 79.0 Å². The number of sulfonamides is 1. The molecule has 7 heteroatoms. The summed E-state index contributed by atoms with van der Waals surface area (Å²) >= 11 is 0. The normalized spacial score (nSPS) is 11.9. The van der Waals surface area contributed by atoms with Crippen LogP contribution in [0.15, 0.2) is 53.4 Å². The minimum Gasteiger partial charge on any atom is -0.281 e. The summed E-state index contributed by atoms with van der Waals surface area (Å²) in [5, 5.41) is 6.83. The first-order valence-corrected chi connectivity index (χ1v) is 10.3. The second-order valence-electron chi connectivity index (χ2n) is 6.61. The molecule has 0 spiro atoms. The Balaban J connectivity index is 1.93. The number of H-pyrrole nitrogens is 1. The van der Waals surface area contributed by atoms with Crippen LogP contribution in [0.4, 0.5) is 0 Å². The molecule has 2 heterocycles. The molecule has 0 fully saturated rings. The van der Waals surface area contributed by atoms with Crippen molar-refractivity contribution in [2.75, 3.05) is 6.54 Å². The molecule has 142 valence electrons. The molecule has 0 radical (unpaired) electrons. The molecule has 0 unspecified atom stereocenters. The summed E-state index contributed by atoms with van der Waals surface area (Å²) in [6.07, 6.45) is 0.627. The Labute approximate surface area is 160 Å².